The van der Waals surface area contributed by atoms with Crippen LogP contribution in [0.5, 0.6) is 0 Å². The van der Waals surface area contributed by atoms with Crippen LogP contribution >= 0.6 is 0 Å². The van der Waals surface area contributed by atoms with Gasteiger partial charge >= 0.3 is 5.97 Å². The molecule has 0 amide bonds. The van der Waals surface area contributed by atoms with Crippen molar-refractivity contribution in [3.63, 3.8) is 0 Å². The van der Waals surface area contributed by atoms with E-state index in [1.165, 1.54) is 11.4 Å². The molecule has 1 fully saturated rings. The molecule has 8 heteroatoms. The predicted molar refractivity (Wildman–Crippen MR) is 77.2 cm³/mol. The summed E-state index contributed by atoms with van der Waals surface area (Å²) in [5.41, 5.74) is 0.976. The van der Waals surface area contributed by atoms with Crippen LogP contribution in [0.3, 0.4) is 0 Å². The minimum Gasteiger partial charge on any atom is -0.469 e. The summed E-state index contributed by atoms with van der Waals surface area (Å²) in [6.45, 7) is 1.02. The molecule has 2 rings (SSSR count). The maximum Gasteiger partial charge on any atom is 0.305 e. The zero-order valence-corrected chi connectivity index (χ0v) is 12.9. The summed E-state index contributed by atoms with van der Waals surface area (Å²) < 4.78 is 30.7. The molecule has 1 aliphatic rings. The molecule has 1 saturated heterocycles. The lowest BCUT2D eigenvalue weighted by Crippen LogP contribution is -2.40. The molecular formula is C13H21N3O4S. The lowest BCUT2D eigenvalue weighted by Gasteiger charge is -2.31. The van der Waals surface area contributed by atoms with Gasteiger partial charge in [0.1, 0.15) is 0 Å². The fourth-order valence-electron chi connectivity index (χ4n) is 2.57. The number of ether oxygens (including phenoxy) is 1. The van der Waals surface area contributed by atoms with Crippen LogP contribution in [-0.2, 0) is 19.6 Å². The van der Waals surface area contributed by atoms with Crippen LogP contribution < -0.4 is 0 Å². The Morgan fingerprint density at radius 3 is 3.05 bits per heavy atom. The monoisotopic (exact) mass is 315 g/mol. The average Bonchev–Trinajstić information content (AvgIpc) is 3.01. The number of carbonyl (C=O) groups excluding carboxylic acids is 1. The standard InChI is InChI=1S/C13H21N3O4S/c1-20-13(17)5-3-9-21(18,19)16-8-2-4-11(10-16)12-6-7-14-15-12/h6-7,11H,2-5,8-10H2,1H3,(H,14,15). The Balaban J connectivity index is 1.91. The van der Waals surface area contributed by atoms with Gasteiger partial charge in [0.2, 0.25) is 10.0 Å². The number of aromatic nitrogens is 2. The van der Waals surface area contributed by atoms with Crippen molar-refractivity contribution in [2.24, 2.45) is 0 Å². The Bertz CT molecular complexity index is 556. The lowest BCUT2D eigenvalue weighted by atomic mass is 9.96. The van der Waals surface area contributed by atoms with E-state index >= 15 is 0 Å². The fraction of sp³-hybridized carbons (Fsp3) is 0.692. The topological polar surface area (TPSA) is 92.4 Å². The Hall–Kier alpha value is -1.41. The largest absolute Gasteiger partial charge is 0.469 e. The zero-order valence-electron chi connectivity index (χ0n) is 12.1. The molecule has 1 unspecified atom stereocenters. The summed E-state index contributed by atoms with van der Waals surface area (Å²) in [7, 11) is -2.02. The van der Waals surface area contributed by atoms with Crippen LogP contribution in [0, 0.1) is 0 Å². The number of nitrogens with zero attached hydrogens (tertiary/aromatic N) is 2. The van der Waals surface area contributed by atoms with Gasteiger partial charge in [-0.3, -0.25) is 9.89 Å². The number of sulfonamides is 1. The van der Waals surface area contributed by atoms with Crippen molar-refractivity contribution in [3.8, 4) is 0 Å². The quantitative estimate of drug-likeness (QED) is 0.786. The smallest absolute Gasteiger partial charge is 0.305 e. The molecule has 0 saturated carbocycles. The van der Waals surface area contributed by atoms with E-state index in [1.807, 2.05) is 6.07 Å². The number of aromatic amines is 1. The van der Waals surface area contributed by atoms with Gasteiger partial charge in [0.25, 0.3) is 0 Å². The van der Waals surface area contributed by atoms with E-state index < -0.39 is 10.0 Å². The van der Waals surface area contributed by atoms with Crippen LogP contribution in [0.25, 0.3) is 0 Å². The van der Waals surface area contributed by atoms with Crippen LogP contribution in [-0.4, -0.2) is 54.8 Å². The molecule has 1 atom stereocenters. The summed E-state index contributed by atoms with van der Waals surface area (Å²) >= 11 is 0. The second-order valence-corrected chi connectivity index (χ2v) is 7.29. The minimum atomic E-state index is -3.32. The number of carbonyl (C=O) groups is 1. The second-order valence-electron chi connectivity index (χ2n) is 5.20. The third-order valence-electron chi connectivity index (χ3n) is 3.75. The Kier molecular flexibility index (Phi) is 5.35. The molecule has 21 heavy (non-hydrogen) atoms. The van der Waals surface area contributed by atoms with Crippen molar-refractivity contribution < 1.29 is 17.9 Å². The molecule has 7 nitrogen and oxygen atoms in total. The minimum absolute atomic E-state index is 0.0161. The molecule has 0 spiro atoms. The van der Waals surface area contributed by atoms with Crippen molar-refractivity contribution in [3.05, 3.63) is 18.0 Å². The van der Waals surface area contributed by atoms with Crippen molar-refractivity contribution in [1.29, 1.82) is 0 Å². The molecular weight excluding hydrogens is 294 g/mol. The van der Waals surface area contributed by atoms with Gasteiger partial charge in [0, 0.05) is 37.3 Å². The number of nitrogens with one attached hydrogen (secondary N) is 1. The highest BCUT2D eigenvalue weighted by molar-refractivity contribution is 7.89. The lowest BCUT2D eigenvalue weighted by molar-refractivity contribution is -0.140. The normalized spacial score (nSPS) is 20.3. The number of rotatable bonds is 6. The second kappa shape index (κ2) is 7.04. The number of methoxy groups -OCH3 is 1. The van der Waals surface area contributed by atoms with Crippen LogP contribution in [0.4, 0.5) is 0 Å². The third kappa shape index (κ3) is 4.28. The van der Waals surface area contributed by atoms with Crippen LogP contribution in [0.2, 0.25) is 0 Å². The van der Waals surface area contributed by atoms with E-state index in [0.29, 0.717) is 19.5 Å². The summed E-state index contributed by atoms with van der Waals surface area (Å²) in [5, 5.41) is 6.83. The van der Waals surface area contributed by atoms with Gasteiger partial charge in [0.15, 0.2) is 0 Å². The molecule has 0 radical (unpaired) electrons. The Morgan fingerprint density at radius 1 is 1.57 bits per heavy atom. The first-order chi connectivity index (χ1) is 10.0. The van der Waals surface area contributed by atoms with Crippen molar-refractivity contribution in [1.82, 2.24) is 14.5 Å². The Labute approximate surface area is 124 Å². The molecule has 0 aromatic carbocycles. The number of hydrogen-bond acceptors (Lipinski definition) is 5. The van der Waals surface area contributed by atoms with Crippen molar-refractivity contribution in [2.45, 2.75) is 31.6 Å². The first kappa shape index (κ1) is 16.0. The van der Waals surface area contributed by atoms with Gasteiger partial charge in [-0.05, 0) is 25.3 Å². The number of hydrogen-bond donors (Lipinski definition) is 1. The van der Waals surface area contributed by atoms with Gasteiger partial charge in [-0.25, -0.2) is 12.7 Å². The number of esters is 1. The van der Waals surface area contributed by atoms with E-state index in [-0.39, 0.29) is 24.1 Å². The van der Waals surface area contributed by atoms with Gasteiger partial charge in [-0.2, -0.15) is 5.10 Å². The highest BCUT2D eigenvalue weighted by Gasteiger charge is 2.29. The van der Waals surface area contributed by atoms with E-state index in [1.54, 1.807) is 6.20 Å². The van der Waals surface area contributed by atoms with Crippen LogP contribution in [0.1, 0.15) is 37.3 Å². The van der Waals surface area contributed by atoms with Crippen LogP contribution in [0.15, 0.2) is 12.3 Å². The highest BCUT2D eigenvalue weighted by atomic mass is 32.2. The maximum atomic E-state index is 12.3. The summed E-state index contributed by atoms with van der Waals surface area (Å²) in [6.07, 6.45) is 3.89. The molecule has 1 aromatic rings. The molecule has 2 heterocycles. The van der Waals surface area contributed by atoms with E-state index in [4.69, 9.17) is 0 Å². The van der Waals surface area contributed by atoms with Gasteiger partial charge < -0.3 is 4.74 Å². The first-order valence-electron chi connectivity index (χ1n) is 7.07. The number of H-pyrrole nitrogens is 1. The summed E-state index contributed by atoms with van der Waals surface area (Å²) in [4.78, 5) is 11.0. The van der Waals surface area contributed by atoms with Crippen molar-refractivity contribution >= 4 is 16.0 Å². The molecule has 1 N–H and O–H groups in total. The van der Waals surface area contributed by atoms with E-state index in [2.05, 4.69) is 14.9 Å². The highest BCUT2D eigenvalue weighted by Crippen LogP contribution is 2.27. The van der Waals surface area contributed by atoms with E-state index in [9.17, 15) is 13.2 Å². The number of piperidine rings is 1. The van der Waals surface area contributed by atoms with E-state index in [0.717, 1.165) is 18.5 Å². The van der Waals surface area contributed by atoms with Crippen molar-refractivity contribution in [2.75, 3.05) is 26.0 Å². The third-order valence-corrected chi connectivity index (χ3v) is 5.67. The molecule has 1 aromatic heterocycles. The van der Waals surface area contributed by atoms with Gasteiger partial charge in [0.05, 0.1) is 12.9 Å². The molecule has 1 aliphatic heterocycles. The van der Waals surface area contributed by atoms with Gasteiger partial charge in [-0.1, -0.05) is 0 Å². The van der Waals surface area contributed by atoms with Gasteiger partial charge in [-0.15, -0.1) is 0 Å². The molecule has 0 bridgehead atoms. The Morgan fingerprint density at radius 2 is 2.38 bits per heavy atom. The maximum absolute atomic E-state index is 12.3. The average molecular weight is 315 g/mol. The SMILES string of the molecule is COC(=O)CCCS(=O)(=O)N1CCCC(c2ccn[nH]2)C1. The first-order valence-corrected chi connectivity index (χ1v) is 8.68. The predicted octanol–water partition coefficient (Wildman–Crippen LogP) is 0.872. The molecule has 118 valence electrons. The fourth-order valence-corrected chi connectivity index (χ4v) is 4.15. The molecule has 0 aliphatic carbocycles. The zero-order chi connectivity index (χ0) is 15.3. The summed E-state index contributed by atoms with van der Waals surface area (Å²) in [5.74, 6) is -0.228. The summed E-state index contributed by atoms with van der Waals surface area (Å²) in [6, 6.07) is 1.89.